The van der Waals surface area contributed by atoms with Crippen LogP contribution in [0, 0.1) is 6.92 Å². The Morgan fingerprint density at radius 2 is 2.07 bits per heavy atom. The number of aliphatic carboxylic acids is 1. The zero-order valence-corrected chi connectivity index (χ0v) is 15.7. The van der Waals surface area contributed by atoms with Crippen molar-refractivity contribution in [3.8, 4) is 17.2 Å². The quantitative estimate of drug-likeness (QED) is 0.762. The van der Waals surface area contributed by atoms with Gasteiger partial charge in [0.25, 0.3) is 0 Å². The third-order valence-corrected chi connectivity index (χ3v) is 4.41. The zero-order valence-electron chi connectivity index (χ0n) is 15.7. The SMILES string of the molecule is COC1Oc2cc(C)cc(O)c2C(=O)c2cccc(OCC=C(C)C(=O)O)c21. The molecule has 0 aromatic heterocycles. The number of hydrogen-bond acceptors (Lipinski definition) is 6. The molecule has 0 fully saturated rings. The molecule has 28 heavy (non-hydrogen) atoms. The maximum atomic E-state index is 13.1. The fraction of sp³-hybridized carbons (Fsp3) is 0.238. The number of fused-ring (bicyclic) bond motifs is 2. The van der Waals surface area contributed by atoms with Crippen molar-refractivity contribution in [2.75, 3.05) is 13.7 Å². The number of rotatable bonds is 5. The molecule has 0 spiro atoms. The first-order valence-corrected chi connectivity index (χ1v) is 8.57. The number of carboxylic acid groups (broad SMARTS) is 1. The highest BCUT2D eigenvalue weighted by Gasteiger charge is 2.33. The summed E-state index contributed by atoms with van der Waals surface area (Å²) in [6, 6.07) is 8.04. The number of ether oxygens (including phenoxy) is 3. The molecule has 0 bridgehead atoms. The van der Waals surface area contributed by atoms with E-state index in [1.54, 1.807) is 31.2 Å². The maximum absolute atomic E-state index is 13.1. The average Bonchev–Trinajstić information content (AvgIpc) is 2.76. The van der Waals surface area contributed by atoms with Crippen LogP contribution in [0.2, 0.25) is 0 Å². The molecule has 0 amide bonds. The maximum Gasteiger partial charge on any atom is 0.331 e. The Hall–Kier alpha value is -3.32. The lowest BCUT2D eigenvalue weighted by Crippen LogP contribution is -2.13. The minimum atomic E-state index is -1.04. The number of phenols is 1. The van der Waals surface area contributed by atoms with Gasteiger partial charge in [-0.3, -0.25) is 4.79 Å². The van der Waals surface area contributed by atoms with Crippen molar-refractivity contribution >= 4 is 11.8 Å². The fourth-order valence-corrected chi connectivity index (χ4v) is 2.99. The molecule has 7 heteroatoms. The minimum absolute atomic E-state index is 0.00345. The van der Waals surface area contributed by atoms with E-state index in [2.05, 4.69) is 0 Å². The van der Waals surface area contributed by atoms with Crippen molar-refractivity contribution < 1.29 is 34.0 Å². The van der Waals surface area contributed by atoms with Crippen LogP contribution in [0.5, 0.6) is 17.2 Å². The van der Waals surface area contributed by atoms with Crippen molar-refractivity contribution in [2.24, 2.45) is 0 Å². The smallest absolute Gasteiger partial charge is 0.331 e. The molecule has 0 radical (unpaired) electrons. The Balaban J connectivity index is 2.07. The topological polar surface area (TPSA) is 102 Å². The van der Waals surface area contributed by atoms with Gasteiger partial charge < -0.3 is 24.4 Å². The molecule has 0 saturated carbocycles. The molecule has 0 saturated heterocycles. The highest BCUT2D eigenvalue weighted by atomic mass is 16.7. The Kier molecular flexibility index (Phi) is 5.37. The molecule has 1 aliphatic rings. The largest absolute Gasteiger partial charge is 0.507 e. The van der Waals surface area contributed by atoms with Crippen molar-refractivity contribution in [3.05, 3.63) is 64.2 Å². The van der Waals surface area contributed by atoms with Crippen LogP contribution in [0.1, 0.15) is 40.3 Å². The zero-order chi connectivity index (χ0) is 20.4. The van der Waals surface area contributed by atoms with Crippen LogP contribution in [0.4, 0.5) is 0 Å². The number of carboxylic acids is 1. The van der Waals surface area contributed by atoms with E-state index in [-0.39, 0.29) is 34.8 Å². The van der Waals surface area contributed by atoms with Gasteiger partial charge in [0.05, 0.1) is 5.56 Å². The van der Waals surface area contributed by atoms with E-state index >= 15 is 0 Å². The molecule has 146 valence electrons. The number of carbonyl (C=O) groups is 2. The summed E-state index contributed by atoms with van der Waals surface area (Å²) in [7, 11) is 1.44. The fourth-order valence-electron chi connectivity index (χ4n) is 2.99. The molecular formula is C21H20O7. The second-order valence-corrected chi connectivity index (χ2v) is 6.39. The Morgan fingerprint density at radius 3 is 2.75 bits per heavy atom. The van der Waals surface area contributed by atoms with E-state index < -0.39 is 18.0 Å². The van der Waals surface area contributed by atoms with Gasteiger partial charge in [-0.15, -0.1) is 0 Å². The van der Waals surface area contributed by atoms with Crippen molar-refractivity contribution in [3.63, 3.8) is 0 Å². The number of benzene rings is 2. The molecule has 3 rings (SSSR count). The summed E-state index contributed by atoms with van der Waals surface area (Å²) in [6.07, 6.45) is 0.481. The van der Waals surface area contributed by atoms with E-state index in [0.29, 0.717) is 11.3 Å². The van der Waals surface area contributed by atoms with Crippen LogP contribution in [0.15, 0.2) is 42.0 Å². The van der Waals surface area contributed by atoms with Gasteiger partial charge in [-0.1, -0.05) is 12.1 Å². The summed E-state index contributed by atoms with van der Waals surface area (Å²) in [5.74, 6) is -1.07. The molecule has 1 unspecified atom stereocenters. The number of ketones is 1. The molecule has 1 heterocycles. The third kappa shape index (κ3) is 3.57. The van der Waals surface area contributed by atoms with Gasteiger partial charge in [-0.05, 0) is 43.7 Å². The van der Waals surface area contributed by atoms with Crippen LogP contribution in [0.25, 0.3) is 0 Å². The summed E-state index contributed by atoms with van der Waals surface area (Å²) < 4.78 is 17.0. The molecule has 0 aliphatic carbocycles. The van der Waals surface area contributed by atoms with Gasteiger partial charge in [-0.25, -0.2) is 4.79 Å². The minimum Gasteiger partial charge on any atom is -0.507 e. The van der Waals surface area contributed by atoms with Crippen molar-refractivity contribution in [2.45, 2.75) is 20.1 Å². The molecule has 1 atom stereocenters. The van der Waals surface area contributed by atoms with Crippen LogP contribution < -0.4 is 9.47 Å². The summed E-state index contributed by atoms with van der Waals surface area (Å²) in [6.45, 7) is 3.24. The summed E-state index contributed by atoms with van der Waals surface area (Å²) >= 11 is 0. The van der Waals surface area contributed by atoms with E-state index in [0.717, 1.165) is 5.56 Å². The predicted molar refractivity (Wildman–Crippen MR) is 100.0 cm³/mol. The third-order valence-electron chi connectivity index (χ3n) is 4.41. The molecule has 1 aliphatic heterocycles. The summed E-state index contributed by atoms with van der Waals surface area (Å²) in [5, 5.41) is 19.2. The predicted octanol–water partition coefficient (Wildman–Crippen LogP) is 3.38. The second-order valence-electron chi connectivity index (χ2n) is 6.39. The summed E-state index contributed by atoms with van der Waals surface area (Å²) in [5.41, 5.74) is 1.59. The van der Waals surface area contributed by atoms with Gasteiger partial charge in [0, 0.05) is 18.2 Å². The first-order valence-electron chi connectivity index (χ1n) is 8.57. The lowest BCUT2D eigenvalue weighted by Gasteiger charge is -2.20. The number of aromatic hydroxyl groups is 1. The number of hydrogen-bond donors (Lipinski definition) is 2. The van der Waals surface area contributed by atoms with Gasteiger partial charge >= 0.3 is 5.97 Å². The lowest BCUT2D eigenvalue weighted by atomic mass is 9.96. The summed E-state index contributed by atoms with van der Waals surface area (Å²) in [4.78, 5) is 24.0. The Bertz CT molecular complexity index is 975. The van der Waals surface area contributed by atoms with E-state index in [4.69, 9.17) is 19.3 Å². The lowest BCUT2D eigenvalue weighted by molar-refractivity contribution is -0.132. The molecule has 2 aromatic rings. The van der Waals surface area contributed by atoms with Crippen LogP contribution in [-0.4, -0.2) is 35.7 Å². The van der Waals surface area contributed by atoms with Crippen LogP contribution in [-0.2, 0) is 9.53 Å². The standard InChI is InChI=1S/C21H20O7/c1-11-9-14(22)18-16(10-11)28-21(26-3)17-13(19(18)23)5-4-6-15(17)27-8-7-12(2)20(24)25/h4-7,9-10,21-22H,8H2,1-3H3,(H,24,25). The first-order chi connectivity index (χ1) is 13.3. The molecular weight excluding hydrogens is 364 g/mol. The highest BCUT2D eigenvalue weighted by Crippen LogP contribution is 2.42. The first kappa shape index (κ1) is 19.4. The number of carbonyl (C=O) groups excluding carboxylic acids is 1. The highest BCUT2D eigenvalue weighted by molar-refractivity contribution is 6.14. The van der Waals surface area contributed by atoms with Gasteiger partial charge in [0.15, 0.2) is 0 Å². The van der Waals surface area contributed by atoms with Gasteiger partial charge in [-0.2, -0.15) is 0 Å². The number of aryl methyl sites for hydroxylation is 1. The van der Waals surface area contributed by atoms with Gasteiger partial charge in [0.1, 0.15) is 29.4 Å². The normalized spacial score (nSPS) is 15.9. The second kappa shape index (κ2) is 7.74. The van der Waals surface area contributed by atoms with E-state index in [1.165, 1.54) is 26.2 Å². The van der Waals surface area contributed by atoms with E-state index in [1.807, 2.05) is 0 Å². The van der Waals surface area contributed by atoms with Crippen molar-refractivity contribution in [1.29, 1.82) is 0 Å². The average molecular weight is 384 g/mol. The van der Waals surface area contributed by atoms with Crippen LogP contribution in [0.3, 0.4) is 0 Å². The van der Waals surface area contributed by atoms with E-state index in [9.17, 15) is 14.7 Å². The van der Waals surface area contributed by atoms with Gasteiger partial charge in [0.2, 0.25) is 12.1 Å². The Morgan fingerprint density at radius 1 is 1.32 bits per heavy atom. The number of methoxy groups -OCH3 is 1. The monoisotopic (exact) mass is 384 g/mol. The Labute approximate surface area is 161 Å². The molecule has 7 nitrogen and oxygen atoms in total. The number of phenolic OH excluding ortho intramolecular Hbond substituents is 1. The van der Waals surface area contributed by atoms with Crippen LogP contribution >= 0.6 is 0 Å². The molecule has 2 aromatic carbocycles. The molecule has 2 N–H and O–H groups in total. The van der Waals surface area contributed by atoms with Crippen molar-refractivity contribution in [1.82, 2.24) is 0 Å².